The first kappa shape index (κ1) is 21.3. The fraction of sp³-hybridized carbons (Fsp3) is 0.667. The molecular formula is C21H33O4P. The highest BCUT2D eigenvalue weighted by Crippen LogP contribution is 2.42. The van der Waals surface area contributed by atoms with Crippen LogP contribution in [0.5, 0.6) is 5.75 Å². The van der Waals surface area contributed by atoms with E-state index in [0.29, 0.717) is 13.2 Å². The van der Waals surface area contributed by atoms with Crippen LogP contribution in [-0.2, 0) is 9.05 Å². The van der Waals surface area contributed by atoms with Crippen LogP contribution in [0, 0.1) is 5.92 Å². The Balaban J connectivity index is 2.05. The molecule has 0 radical (unpaired) electrons. The van der Waals surface area contributed by atoms with Gasteiger partial charge in [-0.15, -0.1) is 0 Å². The molecule has 2 rings (SSSR count). The van der Waals surface area contributed by atoms with Crippen LogP contribution in [-0.4, -0.2) is 31.3 Å². The van der Waals surface area contributed by atoms with Gasteiger partial charge in [-0.1, -0.05) is 38.3 Å². The standard InChI is InChI=1S/C21H33O4P/c1-4-7-8-9-13-20-18(15-16-26(23-5-2)24-6-3)21(22)17-12-10-11-14-19(17)25-20/h10-12,14,18,20H,4-9,13,15-16H2,1-3H3. The maximum absolute atomic E-state index is 13.1. The van der Waals surface area contributed by atoms with Gasteiger partial charge < -0.3 is 13.8 Å². The smallest absolute Gasteiger partial charge is 0.173 e. The zero-order valence-corrected chi connectivity index (χ0v) is 17.3. The van der Waals surface area contributed by atoms with Gasteiger partial charge in [-0.3, -0.25) is 4.79 Å². The van der Waals surface area contributed by atoms with Crippen molar-refractivity contribution >= 4 is 14.2 Å². The summed E-state index contributed by atoms with van der Waals surface area (Å²) in [5.74, 6) is 0.860. The molecule has 1 aliphatic heterocycles. The number of ether oxygens (including phenoxy) is 1. The molecule has 1 heterocycles. The molecule has 26 heavy (non-hydrogen) atoms. The summed E-state index contributed by atoms with van der Waals surface area (Å²) in [5, 5.41) is 0. The number of ketones is 1. The van der Waals surface area contributed by atoms with Gasteiger partial charge in [-0.2, -0.15) is 0 Å². The molecule has 146 valence electrons. The number of carbonyl (C=O) groups excluding carboxylic acids is 1. The van der Waals surface area contributed by atoms with Crippen LogP contribution in [0.3, 0.4) is 0 Å². The number of unbranched alkanes of at least 4 members (excludes halogenated alkanes) is 3. The molecule has 0 saturated carbocycles. The van der Waals surface area contributed by atoms with Gasteiger partial charge >= 0.3 is 0 Å². The first-order valence-electron chi connectivity index (χ1n) is 10.0. The minimum Gasteiger partial charge on any atom is -0.489 e. The van der Waals surface area contributed by atoms with Crippen LogP contribution in [0.25, 0.3) is 0 Å². The van der Waals surface area contributed by atoms with Gasteiger partial charge in [0.15, 0.2) is 14.2 Å². The number of benzene rings is 1. The SMILES string of the molecule is CCCCCCC1Oc2ccccc2C(=O)C1CCP(OCC)OCC. The van der Waals surface area contributed by atoms with Crippen LogP contribution in [0.4, 0.5) is 0 Å². The quantitative estimate of drug-likeness (QED) is 0.330. The van der Waals surface area contributed by atoms with E-state index >= 15 is 0 Å². The molecular weight excluding hydrogens is 347 g/mol. The maximum atomic E-state index is 13.1. The number of Topliss-reactive ketones (excluding diaryl/α,β-unsaturated/α-hetero) is 1. The van der Waals surface area contributed by atoms with Crippen molar-refractivity contribution in [1.29, 1.82) is 0 Å². The molecule has 0 bridgehead atoms. The van der Waals surface area contributed by atoms with Crippen molar-refractivity contribution in [3.05, 3.63) is 29.8 Å². The van der Waals surface area contributed by atoms with Gasteiger partial charge in [-0.25, -0.2) is 0 Å². The first-order chi connectivity index (χ1) is 12.7. The summed E-state index contributed by atoms with van der Waals surface area (Å²) < 4.78 is 17.7. The van der Waals surface area contributed by atoms with Gasteiger partial charge in [0.05, 0.1) is 24.7 Å². The average molecular weight is 380 g/mol. The van der Waals surface area contributed by atoms with E-state index < -0.39 is 8.38 Å². The number of rotatable bonds is 12. The summed E-state index contributed by atoms with van der Waals surface area (Å²) in [4.78, 5) is 13.1. The number of hydrogen-bond acceptors (Lipinski definition) is 4. The highest BCUT2D eigenvalue weighted by molar-refractivity contribution is 7.47. The summed E-state index contributed by atoms with van der Waals surface area (Å²) in [6.07, 6.45) is 7.20. The van der Waals surface area contributed by atoms with Crippen molar-refractivity contribution in [2.24, 2.45) is 5.92 Å². The number of hydrogen-bond donors (Lipinski definition) is 0. The van der Waals surface area contributed by atoms with Crippen molar-refractivity contribution < 1.29 is 18.6 Å². The Bertz CT molecular complexity index is 543. The zero-order valence-electron chi connectivity index (χ0n) is 16.4. The fourth-order valence-corrected chi connectivity index (χ4v) is 4.83. The lowest BCUT2D eigenvalue weighted by molar-refractivity contribution is 0.0619. The third-order valence-corrected chi connectivity index (χ3v) is 6.44. The number of carbonyl (C=O) groups is 1. The maximum Gasteiger partial charge on any atom is 0.173 e. The first-order valence-corrected chi connectivity index (χ1v) is 11.4. The molecule has 1 aromatic rings. The lowest BCUT2D eigenvalue weighted by atomic mass is 9.85. The Morgan fingerprint density at radius 2 is 1.73 bits per heavy atom. The predicted molar refractivity (Wildman–Crippen MR) is 107 cm³/mol. The molecule has 1 aromatic carbocycles. The molecule has 4 nitrogen and oxygen atoms in total. The van der Waals surface area contributed by atoms with E-state index in [0.717, 1.165) is 36.7 Å². The average Bonchev–Trinajstić information content (AvgIpc) is 2.65. The summed E-state index contributed by atoms with van der Waals surface area (Å²) in [5.41, 5.74) is 0.722. The van der Waals surface area contributed by atoms with Gasteiger partial charge in [0.25, 0.3) is 0 Å². The van der Waals surface area contributed by atoms with Gasteiger partial charge in [-0.05, 0) is 45.2 Å². The second kappa shape index (κ2) is 11.7. The summed E-state index contributed by atoms with van der Waals surface area (Å²) in [6.45, 7) is 7.46. The minimum absolute atomic E-state index is 0.0330. The van der Waals surface area contributed by atoms with Gasteiger partial charge in [0.1, 0.15) is 11.9 Å². The second-order valence-electron chi connectivity index (χ2n) is 6.65. The summed E-state index contributed by atoms with van der Waals surface area (Å²) >= 11 is 0. The van der Waals surface area contributed by atoms with E-state index in [1.807, 2.05) is 38.1 Å². The third-order valence-electron chi connectivity index (χ3n) is 4.73. The molecule has 0 N–H and O–H groups in total. The monoisotopic (exact) mass is 380 g/mol. The van der Waals surface area contributed by atoms with Gasteiger partial charge in [0, 0.05) is 6.16 Å². The predicted octanol–water partition coefficient (Wildman–Crippen LogP) is 5.99. The van der Waals surface area contributed by atoms with Crippen molar-refractivity contribution in [2.45, 2.75) is 65.4 Å². The normalized spacial score (nSPS) is 19.5. The molecule has 0 saturated heterocycles. The second-order valence-corrected chi connectivity index (χ2v) is 8.28. The largest absolute Gasteiger partial charge is 0.489 e. The van der Waals surface area contributed by atoms with E-state index in [-0.39, 0.29) is 17.8 Å². The lowest BCUT2D eigenvalue weighted by Gasteiger charge is -2.33. The minimum atomic E-state index is -0.918. The molecule has 0 spiro atoms. The van der Waals surface area contributed by atoms with Crippen molar-refractivity contribution in [3.8, 4) is 5.75 Å². The Labute approximate surface area is 159 Å². The molecule has 2 unspecified atom stereocenters. The molecule has 5 heteroatoms. The highest BCUT2D eigenvalue weighted by Gasteiger charge is 2.36. The Morgan fingerprint density at radius 3 is 2.42 bits per heavy atom. The summed E-state index contributed by atoms with van der Waals surface area (Å²) in [6, 6.07) is 7.64. The Morgan fingerprint density at radius 1 is 1.00 bits per heavy atom. The van der Waals surface area contributed by atoms with Crippen LogP contribution in [0.15, 0.2) is 24.3 Å². The van der Waals surface area contributed by atoms with Crippen LogP contribution in [0.2, 0.25) is 0 Å². The van der Waals surface area contributed by atoms with Crippen molar-refractivity contribution in [1.82, 2.24) is 0 Å². The molecule has 1 aliphatic rings. The topological polar surface area (TPSA) is 44.8 Å². The van der Waals surface area contributed by atoms with E-state index in [2.05, 4.69) is 6.92 Å². The van der Waals surface area contributed by atoms with Crippen LogP contribution >= 0.6 is 8.38 Å². The van der Waals surface area contributed by atoms with Gasteiger partial charge in [0.2, 0.25) is 0 Å². The van der Waals surface area contributed by atoms with E-state index in [1.54, 1.807) is 0 Å². The van der Waals surface area contributed by atoms with Crippen molar-refractivity contribution in [3.63, 3.8) is 0 Å². The Hall–Kier alpha value is -0.960. The van der Waals surface area contributed by atoms with E-state index in [4.69, 9.17) is 13.8 Å². The molecule has 2 atom stereocenters. The third kappa shape index (κ3) is 6.04. The molecule has 0 aromatic heterocycles. The number of fused-ring (bicyclic) bond motifs is 1. The van der Waals surface area contributed by atoms with E-state index in [9.17, 15) is 4.79 Å². The molecule has 0 fully saturated rings. The fourth-order valence-electron chi connectivity index (χ4n) is 3.44. The zero-order chi connectivity index (χ0) is 18.8. The Kier molecular flexibility index (Phi) is 9.60. The van der Waals surface area contributed by atoms with Crippen molar-refractivity contribution in [2.75, 3.05) is 19.4 Å². The van der Waals surface area contributed by atoms with Crippen LogP contribution < -0.4 is 4.74 Å². The van der Waals surface area contributed by atoms with E-state index in [1.165, 1.54) is 19.3 Å². The van der Waals surface area contributed by atoms with Crippen LogP contribution in [0.1, 0.15) is 69.7 Å². The molecule has 0 amide bonds. The summed E-state index contributed by atoms with van der Waals surface area (Å²) in [7, 11) is -0.918. The molecule has 0 aliphatic carbocycles. The lowest BCUT2D eigenvalue weighted by Crippen LogP contribution is -2.38. The number of para-hydroxylation sites is 1. The highest BCUT2D eigenvalue weighted by atomic mass is 31.2.